The van der Waals surface area contributed by atoms with Crippen LogP contribution in [0.3, 0.4) is 0 Å². The minimum Gasteiger partial charge on any atom is -0.508 e. The van der Waals surface area contributed by atoms with Crippen molar-refractivity contribution in [2.75, 3.05) is 13.1 Å². The first kappa shape index (κ1) is 11.7. The summed E-state index contributed by atoms with van der Waals surface area (Å²) in [6, 6.07) is 16.5. The van der Waals surface area contributed by atoms with E-state index in [1.807, 2.05) is 6.07 Å². The van der Waals surface area contributed by atoms with Crippen LogP contribution in [0.15, 0.2) is 54.1 Å². The molecule has 0 fully saturated rings. The van der Waals surface area contributed by atoms with Gasteiger partial charge in [0.1, 0.15) is 5.75 Å². The zero-order valence-corrected chi connectivity index (χ0v) is 11.3. The molecule has 2 N–H and O–H groups in total. The van der Waals surface area contributed by atoms with E-state index in [0.717, 1.165) is 25.1 Å². The van der Waals surface area contributed by atoms with Crippen LogP contribution in [0.1, 0.15) is 22.6 Å². The molecule has 1 aliphatic heterocycles. The first-order valence-electron chi connectivity index (χ1n) is 7.13. The molecule has 0 bridgehead atoms. The lowest BCUT2D eigenvalue weighted by Gasteiger charge is -2.27. The molecule has 0 saturated heterocycles. The standard InChI is InChI=1S/C18H17NO/c20-18-8-4-7-13-15(18)9-14(12-5-2-1-3-6-12)17-11-19-10-16(13)17/h1-8,14,19-20H,9-11H2. The zero-order chi connectivity index (χ0) is 13.5. The maximum Gasteiger partial charge on any atom is 0.119 e. The van der Waals surface area contributed by atoms with Crippen molar-refractivity contribution in [2.45, 2.75) is 12.3 Å². The Bertz CT molecular complexity index is 688. The molecule has 100 valence electrons. The average Bonchev–Trinajstić information content (AvgIpc) is 2.97. The van der Waals surface area contributed by atoms with Crippen molar-refractivity contribution in [2.24, 2.45) is 0 Å². The van der Waals surface area contributed by atoms with Crippen molar-refractivity contribution < 1.29 is 5.11 Å². The number of rotatable bonds is 1. The first-order chi connectivity index (χ1) is 9.84. The Morgan fingerprint density at radius 1 is 0.950 bits per heavy atom. The van der Waals surface area contributed by atoms with Gasteiger partial charge < -0.3 is 10.4 Å². The van der Waals surface area contributed by atoms with E-state index in [9.17, 15) is 5.11 Å². The first-order valence-corrected chi connectivity index (χ1v) is 7.13. The van der Waals surface area contributed by atoms with E-state index in [2.05, 4.69) is 41.7 Å². The molecule has 0 spiro atoms. The molecule has 2 aromatic carbocycles. The number of nitrogens with one attached hydrogen (secondary N) is 1. The maximum atomic E-state index is 10.2. The quantitative estimate of drug-likeness (QED) is 0.828. The fourth-order valence-electron chi connectivity index (χ4n) is 3.55. The van der Waals surface area contributed by atoms with Crippen LogP contribution in [0.4, 0.5) is 0 Å². The monoisotopic (exact) mass is 263 g/mol. The normalized spacial score (nSPS) is 20.7. The smallest absolute Gasteiger partial charge is 0.119 e. The highest BCUT2D eigenvalue weighted by Crippen LogP contribution is 2.44. The molecule has 4 rings (SSSR count). The molecule has 2 heteroatoms. The summed E-state index contributed by atoms with van der Waals surface area (Å²) in [5.74, 6) is 0.823. The van der Waals surface area contributed by atoms with Crippen LogP contribution in [0.2, 0.25) is 0 Å². The van der Waals surface area contributed by atoms with E-state index in [1.54, 1.807) is 6.07 Å². The van der Waals surface area contributed by atoms with Crippen molar-refractivity contribution in [1.82, 2.24) is 5.32 Å². The van der Waals surface area contributed by atoms with Crippen LogP contribution in [0, 0.1) is 0 Å². The van der Waals surface area contributed by atoms with Crippen LogP contribution in [0.25, 0.3) is 5.57 Å². The van der Waals surface area contributed by atoms with Gasteiger partial charge in [0.25, 0.3) is 0 Å². The predicted molar refractivity (Wildman–Crippen MR) is 80.8 cm³/mol. The van der Waals surface area contributed by atoms with Crippen molar-refractivity contribution in [3.05, 3.63) is 70.8 Å². The van der Waals surface area contributed by atoms with Gasteiger partial charge in [-0.25, -0.2) is 0 Å². The Morgan fingerprint density at radius 2 is 1.80 bits per heavy atom. The largest absolute Gasteiger partial charge is 0.508 e. The van der Waals surface area contributed by atoms with Gasteiger partial charge in [0.05, 0.1) is 0 Å². The van der Waals surface area contributed by atoms with Gasteiger partial charge in [0.2, 0.25) is 0 Å². The Balaban J connectivity index is 1.89. The van der Waals surface area contributed by atoms with Crippen molar-refractivity contribution >= 4 is 5.57 Å². The second kappa shape index (κ2) is 4.50. The minimum atomic E-state index is 0.391. The Hall–Kier alpha value is -2.06. The number of hydrogen-bond donors (Lipinski definition) is 2. The van der Waals surface area contributed by atoms with E-state index in [4.69, 9.17) is 0 Å². The molecule has 0 aromatic heterocycles. The number of phenolic OH excluding ortho intramolecular Hbond substituents is 1. The molecule has 0 radical (unpaired) electrons. The molecular weight excluding hydrogens is 246 g/mol. The van der Waals surface area contributed by atoms with Gasteiger partial charge in [0, 0.05) is 24.6 Å². The summed E-state index contributed by atoms with van der Waals surface area (Å²) >= 11 is 0. The van der Waals surface area contributed by atoms with Crippen LogP contribution in [-0.2, 0) is 6.42 Å². The molecule has 1 aliphatic carbocycles. The number of benzene rings is 2. The summed E-state index contributed by atoms with van der Waals surface area (Å²) < 4.78 is 0. The van der Waals surface area contributed by atoms with Gasteiger partial charge in [-0.1, -0.05) is 42.5 Å². The third-order valence-electron chi connectivity index (χ3n) is 4.51. The molecule has 1 heterocycles. The van der Waals surface area contributed by atoms with Crippen LogP contribution >= 0.6 is 0 Å². The van der Waals surface area contributed by atoms with Gasteiger partial charge in [0.15, 0.2) is 0 Å². The van der Waals surface area contributed by atoms with Crippen LogP contribution in [-0.4, -0.2) is 18.2 Å². The van der Waals surface area contributed by atoms with E-state index in [1.165, 1.54) is 22.3 Å². The highest BCUT2D eigenvalue weighted by atomic mass is 16.3. The summed E-state index contributed by atoms with van der Waals surface area (Å²) in [5, 5.41) is 13.7. The van der Waals surface area contributed by atoms with Crippen molar-refractivity contribution in [3.8, 4) is 5.75 Å². The molecule has 2 aliphatic rings. The third-order valence-corrected chi connectivity index (χ3v) is 4.51. The fourth-order valence-corrected chi connectivity index (χ4v) is 3.55. The number of hydrogen-bond acceptors (Lipinski definition) is 2. The highest BCUT2D eigenvalue weighted by Gasteiger charge is 2.31. The molecule has 1 unspecified atom stereocenters. The van der Waals surface area contributed by atoms with Crippen molar-refractivity contribution in [1.29, 1.82) is 0 Å². The van der Waals surface area contributed by atoms with Gasteiger partial charge in [-0.15, -0.1) is 0 Å². The van der Waals surface area contributed by atoms with E-state index in [-0.39, 0.29) is 0 Å². The van der Waals surface area contributed by atoms with Gasteiger partial charge >= 0.3 is 0 Å². The Kier molecular flexibility index (Phi) is 2.64. The van der Waals surface area contributed by atoms with E-state index in [0.29, 0.717) is 11.7 Å². The fraction of sp³-hybridized carbons (Fsp3) is 0.222. The van der Waals surface area contributed by atoms with Gasteiger partial charge in [-0.2, -0.15) is 0 Å². The molecule has 0 saturated carbocycles. The zero-order valence-electron chi connectivity index (χ0n) is 11.3. The third kappa shape index (κ3) is 1.69. The second-order valence-corrected chi connectivity index (χ2v) is 5.58. The summed E-state index contributed by atoms with van der Waals surface area (Å²) in [5.41, 5.74) is 6.56. The number of aromatic hydroxyl groups is 1. The van der Waals surface area contributed by atoms with Gasteiger partial charge in [-0.05, 0) is 34.8 Å². The van der Waals surface area contributed by atoms with Crippen molar-refractivity contribution in [3.63, 3.8) is 0 Å². The second-order valence-electron chi connectivity index (χ2n) is 5.58. The molecule has 20 heavy (non-hydrogen) atoms. The number of phenols is 1. The Morgan fingerprint density at radius 3 is 2.65 bits per heavy atom. The summed E-state index contributed by atoms with van der Waals surface area (Å²) in [4.78, 5) is 0. The molecular formula is C18H17NO. The molecule has 2 aromatic rings. The molecule has 1 atom stereocenters. The summed E-state index contributed by atoms with van der Waals surface area (Å²) in [6.07, 6.45) is 0.895. The lowest BCUT2D eigenvalue weighted by atomic mass is 9.76. The Labute approximate surface area is 118 Å². The minimum absolute atomic E-state index is 0.391. The SMILES string of the molecule is Oc1cccc2c1CC(c1ccccc1)C1=C2CNC1. The summed E-state index contributed by atoms with van der Waals surface area (Å²) in [6.45, 7) is 1.87. The maximum absolute atomic E-state index is 10.2. The lowest BCUT2D eigenvalue weighted by Crippen LogP contribution is -2.15. The topological polar surface area (TPSA) is 32.3 Å². The predicted octanol–water partition coefficient (Wildman–Crippen LogP) is 3.09. The highest BCUT2D eigenvalue weighted by molar-refractivity contribution is 5.79. The average molecular weight is 263 g/mol. The van der Waals surface area contributed by atoms with Crippen LogP contribution < -0.4 is 5.32 Å². The lowest BCUT2D eigenvalue weighted by molar-refractivity contribution is 0.465. The molecule has 0 amide bonds. The van der Waals surface area contributed by atoms with Gasteiger partial charge in [-0.3, -0.25) is 0 Å². The number of fused-ring (bicyclic) bond motifs is 2. The summed E-state index contributed by atoms with van der Waals surface area (Å²) in [7, 11) is 0. The van der Waals surface area contributed by atoms with E-state index < -0.39 is 0 Å². The molecule has 2 nitrogen and oxygen atoms in total. The van der Waals surface area contributed by atoms with Crippen LogP contribution in [0.5, 0.6) is 5.75 Å². The van der Waals surface area contributed by atoms with E-state index >= 15 is 0 Å².